The summed E-state index contributed by atoms with van der Waals surface area (Å²) in [7, 11) is 0. The minimum atomic E-state index is -1.85. The average molecular weight is 366 g/mol. The van der Waals surface area contributed by atoms with E-state index in [-0.39, 0.29) is 6.10 Å². The number of carboxylic acid groups (broad SMARTS) is 1. The second kappa shape index (κ2) is 8.88. The number of aliphatic hydroxyl groups excluding tert-OH is 3. The molecule has 1 saturated heterocycles. The molecule has 0 unspecified atom stereocenters. The third-order valence-electron chi connectivity index (χ3n) is 3.55. The maximum absolute atomic E-state index is 11.9. The van der Waals surface area contributed by atoms with Crippen molar-refractivity contribution in [2.45, 2.75) is 76.0 Å². The summed E-state index contributed by atoms with van der Waals surface area (Å²) in [4.78, 5) is 22.6. The molecule has 0 spiro atoms. The molecule has 1 aliphatic heterocycles. The molecule has 10 heteroatoms. The van der Waals surface area contributed by atoms with Crippen molar-refractivity contribution >= 4 is 11.9 Å². The first-order valence-electron chi connectivity index (χ1n) is 7.88. The van der Waals surface area contributed by atoms with Gasteiger partial charge in [0.1, 0.15) is 18.3 Å². The largest absolute Gasteiger partial charge is 0.481 e. The first kappa shape index (κ1) is 21.7. The molecule has 0 radical (unpaired) electrons. The fourth-order valence-corrected chi connectivity index (χ4v) is 2.47. The fraction of sp³-hybridized carbons (Fsp3) is 0.867. The topological polar surface area (TPSA) is 163 Å². The van der Waals surface area contributed by atoms with E-state index >= 15 is 0 Å². The van der Waals surface area contributed by atoms with E-state index in [0.717, 1.165) is 6.92 Å². The monoisotopic (exact) mass is 366 g/mol. The van der Waals surface area contributed by atoms with E-state index < -0.39 is 67.7 Å². The molecule has 1 heterocycles. The summed E-state index contributed by atoms with van der Waals surface area (Å²) in [6.45, 7) is 3.91. The van der Waals surface area contributed by atoms with Crippen LogP contribution in [0.15, 0.2) is 0 Å². The molecule has 146 valence electrons. The van der Waals surface area contributed by atoms with Gasteiger partial charge >= 0.3 is 11.9 Å². The van der Waals surface area contributed by atoms with E-state index in [1.165, 1.54) is 0 Å². The molecule has 10 nitrogen and oxygen atoms in total. The number of carbonyl (C=O) groups is 2. The minimum absolute atomic E-state index is 0.323. The molecule has 1 fully saturated rings. The van der Waals surface area contributed by atoms with Gasteiger partial charge in [0.15, 0.2) is 12.4 Å². The maximum Gasteiger partial charge on any atom is 0.309 e. The zero-order chi connectivity index (χ0) is 19.4. The lowest BCUT2D eigenvalue weighted by Gasteiger charge is -2.42. The number of aliphatic hydroxyl groups is 4. The van der Waals surface area contributed by atoms with Gasteiger partial charge in [-0.2, -0.15) is 0 Å². The summed E-state index contributed by atoms with van der Waals surface area (Å²) in [5.41, 5.74) is -1.85. The zero-order valence-corrected chi connectivity index (χ0v) is 14.4. The highest BCUT2D eigenvalue weighted by atomic mass is 16.7. The number of aliphatic carboxylic acids is 1. The molecule has 0 aromatic heterocycles. The Bertz CT molecular complexity index is 461. The van der Waals surface area contributed by atoms with Crippen molar-refractivity contribution in [2.24, 2.45) is 0 Å². The second-order valence-corrected chi connectivity index (χ2v) is 6.59. The van der Waals surface area contributed by atoms with E-state index in [4.69, 9.17) is 19.3 Å². The van der Waals surface area contributed by atoms with E-state index in [1.54, 1.807) is 13.8 Å². The number of carboxylic acids is 1. The van der Waals surface area contributed by atoms with Crippen molar-refractivity contribution in [3.8, 4) is 0 Å². The number of carbonyl (C=O) groups excluding carboxylic acids is 1. The normalized spacial score (nSPS) is 32.2. The standard InChI is InChI=1S/C15H26O10/c1-7(2)23-14-12(21)11(20)13(8(6-16)24-14)25-10(19)5-15(3,22)4-9(17)18/h7-8,11-14,16,20-22H,4-6H2,1-3H3,(H,17,18)/t8-,11-,12-,13+,14-,15+/m0/s1. The third-order valence-corrected chi connectivity index (χ3v) is 3.55. The van der Waals surface area contributed by atoms with Crippen LogP contribution in [-0.4, -0.2) is 86.5 Å². The smallest absolute Gasteiger partial charge is 0.309 e. The van der Waals surface area contributed by atoms with Gasteiger partial charge in [0.05, 0.1) is 31.2 Å². The molecule has 0 aromatic carbocycles. The number of hydrogen-bond acceptors (Lipinski definition) is 9. The SMILES string of the molecule is CC(C)O[C@H]1O[C@@H](CO)[C@@H](OC(=O)C[C@](C)(O)CC(=O)O)[C@@H](O)[C@@H]1O. The molecule has 1 aliphatic rings. The first-order valence-corrected chi connectivity index (χ1v) is 7.88. The summed E-state index contributed by atoms with van der Waals surface area (Å²) < 4.78 is 15.6. The molecular weight excluding hydrogens is 340 g/mol. The highest BCUT2D eigenvalue weighted by Crippen LogP contribution is 2.26. The number of rotatable bonds is 8. The molecule has 6 atom stereocenters. The van der Waals surface area contributed by atoms with Crippen molar-refractivity contribution in [1.29, 1.82) is 0 Å². The molecule has 0 amide bonds. The Morgan fingerprint density at radius 2 is 1.80 bits per heavy atom. The Balaban J connectivity index is 2.76. The molecular formula is C15H26O10. The van der Waals surface area contributed by atoms with Crippen molar-refractivity contribution in [3.05, 3.63) is 0 Å². The van der Waals surface area contributed by atoms with Gasteiger partial charge in [-0.3, -0.25) is 9.59 Å². The van der Waals surface area contributed by atoms with Crippen LogP contribution in [0.1, 0.15) is 33.6 Å². The van der Waals surface area contributed by atoms with Crippen LogP contribution in [0.25, 0.3) is 0 Å². The van der Waals surface area contributed by atoms with E-state index in [2.05, 4.69) is 0 Å². The number of ether oxygens (including phenoxy) is 3. The molecule has 0 bridgehead atoms. The lowest BCUT2D eigenvalue weighted by Crippen LogP contribution is -2.61. The molecule has 1 rings (SSSR count). The Morgan fingerprint density at radius 1 is 1.20 bits per heavy atom. The van der Waals surface area contributed by atoms with Crippen LogP contribution in [0, 0.1) is 0 Å². The van der Waals surface area contributed by atoms with Crippen LogP contribution >= 0.6 is 0 Å². The van der Waals surface area contributed by atoms with Crippen LogP contribution in [0.3, 0.4) is 0 Å². The number of esters is 1. The molecule has 0 aliphatic carbocycles. The second-order valence-electron chi connectivity index (χ2n) is 6.59. The van der Waals surface area contributed by atoms with Crippen molar-refractivity contribution < 1.29 is 49.3 Å². The lowest BCUT2D eigenvalue weighted by atomic mass is 9.97. The summed E-state index contributed by atoms with van der Waals surface area (Å²) >= 11 is 0. The van der Waals surface area contributed by atoms with Gasteiger partial charge in [-0.15, -0.1) is 0 Å². The van der Waals surface area contributed by atoms with Crippen LogP contribution < -0.4 is 0 Å². The predicted octanol–water partition coefficient (Wildman–Crippen LogP) is -1.62. The van der Waals surface area contributed by atoms with Gasteiger partial charge in [0.25, 0.3) is 0 Å². The highest BCUT2D eigenvalue weighted by molar-refractivity contribution is 5.74. The predicted molar refractivity (Wildman–Crippen MR) is 81.4 cm³/mol. The molecule has 5 N–H and O–H groups in total. The van der Waals surface area contributed by atoms with Crippen molar-refractivity contribution in [3.63, 3.8) is 0 Å². The molecule has 0 aromatic rings. The van der Waals surface area contributed by atoms with Crippen LogP contribution in [0.5, 0.6) is 0 Å². The molecule has 25 heavy (non-hydrogen) atoms. The number of hydrogen-bond donors (Lipinski definition) is 5. The maximum atomic E-state index is 11.9. The highest BCUT2D eigenvalue weighted by Gasteiger charge is 2.47. The first-order chi connectivity index (χ1) is 11.5. The molecule has 0 saturated carbocycles. The summed E-state index contributed by atoms with van der Waals surface area (Å²) in [6.07, 6.45) is -8.54. The quantitative estimate of drug-likeness (QED) is 0.315. The minimum Gasteiger partial charge on any atom is -0.481 e. The Morgan fingerprint density at radius 3 is 2.28 bits per heavy atom. The Hall–Kier alpha value is -1.30. The third kappa shape index (κ3) is 6.49. The Labute approximate surface area is 144 Å². The fourth-order valence-electron chi connectivity index (χ4n) is 2.47. The summed E-state index contributed by atoms with van der Waals surface area (Å²) in [6, 6.07) is 0. The summed E-state index contributed by atoms with van der Waals surface area (Å²) in [5.74, 6) is -2.30. The van der Waals surface area contributed by atoms with Crippen LogP contribution in [0.2, 0.25) is 0 Å². The van der Waals surface area contributed by atoms with Gasteiger partial charge in [0.2, 0.25) is 0 Å². The van der Waals surface area contributed by atoms with E-state index in [0.29, 0.717) is 0 Å². The Kier molecular flexibility index (Phi) is 7.72. The van der Waals surface area contributed by atoms with Crippen LogP contribution in [-0.2, 0) is 23.8 Å². The van der Waals surface area contributed by atoms with Gasteiger partial charge < -0.3 is 39.7 Å². The summed E-state index contributed by atoms with van der Waals surface area (Å²) in [5, 5.41) is 48.1. The van der Waals surface area contributed by atoms with Gasteiger partial charge in [-0.25, -0.2) is 0 Å². The average Bonchev–Trinajstić information content (AvgIpc) is 2.44. The van der Waals surface area contributed by atoms with Gasteiger partial charge in [-0.05, 0) is 20.8 Å². The lowest BCUT2D eigenvalue weighted by molar-refractivity contribution is -0.310. The van der Waals surface area contributed by atoms with Crippen LogP contribution in [0.4, 0.5) is 0 Å². The van der Waals surface area contributed by atoms with Gasteiger partial charge in [-0.1, -0.05) is 0 Å². The van der Waals surface area contributed by atoms with Crippen molar-refractivity contribution in [2.75, 3.05) is 6.61 Å². The van der Waals surface area contributed by atoms with Crippen molar-refractivity contribution in [1.82, 2.24) is 0 Å². The van der Waals surface area contributed by atoms with E-state index in [9.17, 15) is 30.0 Å². The zero-order valence-electron chi connectivity index (χ0n) is 14.4. The van der Waals surface area contributed by atoms with E-state index in [1.807, 2.05) is 0 Å². The van der Waals surface area contributed by atoms with Gasteiger partial charge in [0, 0.05) is 0 Å².